The van der Waals surface area contributed by atoms with Crippen LogP contribution in [0.25, 0.3) is 10.9 Å². The van der Waals surface area contributed by atoms with Crippen molar-refractivity contribution < 1.29 is 9.59 Å². The van der Waals surface area contributed by atoms with Crippen molar-refractivity contribution in [1.29, 1.82) is 0 Å². The van der Waals surface area contributed by atoms with Gasteiger partial charge in [0.05, 0.1) is 5.41 Å². The van der Waals surface area contributed by atoms with E-state index in [-0.39, 0.29) is 11.8 Å². The molecule has 2 fully saturated rings. The standard InChI is InChI=1S/C18H20ClN3O2/c1-12(23)21-6-8-22(9-7-21)17(24)18(4-5-18)15-11-20-16-3-2-13(19)10-14(15)16/h2-3,10-11,20H,4-9H2,1H3. The summed E-state index contributed by atoms with van der Waals surface area (Å²) in [5.41, 5.74) is 1.65. The number of benzene rings is 1. The van der Waals surface area contributed by atoms with Crippen LogP contribution in [0.1, 0.15) is 25.3 Å². The molecular formula is C18H20ClN3O2. The largest absolute Gasteiger partial charge is 0.361 e. The highest BCUT2D eigenvalue weighted by Gasteiger charge is 2.54. The molecule has 5 nitrogen and oxygen atoms in total. The summed E-state index contributed by atoms with van der Waals surface area (Å²) >= 11 is 6.15. The molecule has 1 N–H and O–H groups in total. The van der Waals surface area contributed by atoms with Crippen LogP contribution in [-0.2, 0) is 15.0 Å². The number of aromatic amines is 1. The van der Waals surface area contributed by atoms with E-state index in [9.17, 15) is 9.59 Å². The van der Waals surface area contributed by atoms with Gasteiger partial charge in [-0.2, -0.15) is 0 Å². The second-order valence-corrected chi connectivity index (χ2v) is 7.21. The highest BCUT2D eigenvalue weighted by atomic mass is 35.5. The quantitative estimate of drug-likeness (QED) is 0.909. The lowest BCUT2D eigenvalue weighted by atomic mass is 9.93. The summed E-state index contributed by atoms with van der Waals surface area (Å²) < 4.78 is 0. The molecule has 1 aliphatic carbocycles. The van der Waals surface area contributed by atoms with Gasteiger partial charge in [-0.3, -0.25) is 9.59 Å². The molecule has 1 aromatic heterocycles. The molecular weight excluding hydrogens is 326 g/mol. The molecule has 2 aliphatic rings. The molecule has 0 radical (unpaired) electrons. The lowest BCUT2D eigenvalue weighted by molar-refractivity contribution is -0.140. The second-order valence-electron chi connectivity index (χ2n) is 6.77. The van der Waals surface area contributed by atoms with Gasteiger partial charge in [-0.25, -0.2) is 0 Å². The smallest absolute Gasteiger partial charge is 0.233 e. The molecule has 24 heavy (non-hydrogen) atoms. The SMILES string of the molecule is CC(=O)N1CCN(C(=O)C2(c3c[nH]c4ccc(Cl)cc34)CC2)CC1. The molecule has 2 heterocycles. The Morgan fingerprint density at radius 1 is 1.12 bits per heavy atom. The van der Waals surface area contributed by atoms with E-state index in [4.69, 9.17) is 11.6 Å². The van der Waals surface area contributed by atoms with E-state index in [1.165, 1.54) is 0 Å². The maximum atomic E-state index is 13.2. The molecule has 1 saturated carbocycles. The lowest BCUT2D eigenvalue weighted by Gasteiger charge is -2.36. The summed E-state index contributed by atoms with van der Waals surface area (Å²) in [5.74, 6) is 0.265. The highest BCUT2D eigenvalue weighted by molar-refractivity contribution is 6.31. The zero-order chi connectivity index (χ0) is 16.9. The first-order valence-electron chi connectivity index (χ1n) is 8.33. The molecule has 2 amide bonds. The monoisotopic (exact) mass is 345 g/mol. The zero-order valence-corrected chi connectivity index (χ0v) is 14.4. The zero-order valence-electron chi connectivity index (χ0n) is 13.6. The van der Waals surface area contributed by atoms with Gasteiger partial charge >= 0.3 is 0 Å². The fourth-order valence-electron chi connectivity index (χ4n) is 3.74. The molecule has 0 bridgehead atoms. The van der Waals surface area contributed by atoms with E-state index < -0.39 is 5.41 Å². The Kier molecular flexibility index (Phi) is 3.57. The number of fused-ring (bicyclic) bond motifs is 1. The summed E-state index contributed by atoms with van der Waals surface area (Å²) in [6.45, 7) is 4.05. The summed E-state index contributed by atoms with van der Waals surface area (Å²) in [4.78, 5) is 31.6. The predicted octanol–water partition coefficient (Wildman–Crippen LogP) is 2.54. The van der Waals surface area contributed by atoms with Gasteiger partial charge in [0.1, 0.15) is 0 Å². The van der Waals surface area contributed by atoms with Crippen molar-refractivity contribution in [3.8, 4) is 0 Å². The number of amides is 2. The summed E-state index contributed by atoms with van der Waals surface area (Å²) in [5, 5.41) is 1.72. The number of nitrogens with one attached hydrogen (secondary N) is 1. The van der Waals surface area contributed by atoms with Crippen molar-refractivity contribution >= 4 is 34.3 Å². The molecule has 2 aromatic rings. The minimum atomic E-state index is -0.415. The van der Waals surface area contributed by atoms with Crippen LogP contribution in [0, 0.1) is 0 Å². The number of carbonyl (C=O) groups excluding carboxylic acids is 2. The van der Waals surface area contributed by atoms with E-state index in [0.29, 0.717) is 31.2 Å². The maximum absolute atomic E-state index is 13.2. The number of halogens is 1. The topological polar surface area (TPSA) is 56.4 Å². The van der Waals surface area contributed by atoms with Gasteiger partial charge in [0, 0.05) is 55.2 Å². The molecule has 6 heteroatoms. The van der Waals surface area contributed by atoms with Gasteiger partial charge < -0.3 is 14.8 Å². The Hall–Kier alpha value is -2.01. The van der Waals surface area contributed by atoms with Crippen LogP contribution >= 0.6 is 11.6 Å². The number of nitrogens with zero attached hydrogens (tertiary/aromatic N) is 2. The van der Waals surface area contributed by atoms with Crippen LogP contribution < -0.4 is 0 Å². The van der Waals surface area contributed by atoms with Crippen molar-refractivity contribution in [2.24, 2.45) is 0 Å². The van der Waals surface area contributed by atoms with Crippen LogP contribution in [0.3, 0.4) is 0 Å². The number of H-pyrrole nitrogens is 1. The first-order chi connectivity index (χ1) is 11.5. The molecule has 4 rings (SSSR count). The molecule has 0 atom stereocenters. The van der Waals surface area contributed by atoms with Crippen LogP contribution in [-0.4, -0.2) is 52.8 Å². The number of rotatable bonds is 2. The van der Waals surface area contributed by atoms with Crippen LogP contribution in [0.5, 0.6) is 0 Å². The van der Waals surface area contributed by atoms with Gasteiger partial charge in [-0.05, 0) is 36.6 Å². The number of aromatic nitrogens is 1. The summed E-state index contributed by atoms with van der Waals surface area (Å²) in [6.07, 6.45) is 3.70. The highest BCUT2D eigenvalue weighted by Crippen LogP contribution is 2.52. The normalized spacial score (nSPS) is 19.6. The van der Waals surface area contributed by atoms with Crippen molar-refractivity contribution in [2.45, 2.75) is 25.2 Å². The molecule has 126 valence electrons. The summed E-state index contributed by atoms with van der Waals surface area (Å²) in [6, 6.07) is 5.74. The predicted molar refractivity (Wildman–Crippen MR) is 93.1 cm³/mol. The van der Waals surface area contributed by atoms with Gasteiger partial charge in [0.15, 0.2) is 0 Å². The van der Waals surface area contributed by atoms with Gasteiger partial charge in [0.2, 0.25) is 11.8 Å². The first kappa shape index (κ1) is 15.5. The van der Waals surface area contributed by atoms with Crippen molar-refractivity contribution in [3.63, 3.8) is 0 Å². The average molecular weight is 346 g/mol. The molecule has 1 aliphatic heterocycles. The Bertz CT molecular complexity index is 817. The maximum Gasteiger partial charge on any atom is 0.233 e. The lowest BCUT2D eigenvalue weighted by Crippen LogP contribution is -2.52. The van der Waals surface area contributed by atoms with Crippen molar-refractivity contribution in [2.75, 3.05) is 26.2 Å². The van der Waals surface area contributed by atoms with E-state index in [1.807, 2.05) is 29.3 Å². The molecule has 1 saturated heterocycles. The number of piperazine rings is 1. The molecule has 0 spiro atoms. The van der Waals surface area contributed by atoms with Crippen molar-refractivity contribution in [1.82, 2.24) is 14.8 Å². The van der Waals surface area contributed by atoms with E-state index in [0.717, 1.165) is 29.3 Å². The fraction of sp³-hybridized carbons (Fsp3) is 0.444. The third-order valence-corrected chi connectivity index (χ3v) is 5.57. The number of carbonyl (C=O) groups is 2. The van der Waals surface area contributed by atoms with E-state index in [1.54, 1.807) is 11.8 Å². The minimum absolute atomic E-state index is 0.0782. The van der Waals surface area contributed by atoms with Crippen LogP contribution in [0.4, 0.5) is 0 Å². The Morgan fingerprint density at radius 3 is 2.42 bits per heavy atom. The molecule has 1 aromatic carbocycles. The van der Waals surface area contributed by atoms with Gasteiger partial charge in [-0.1, -0.05) is 11.6 Å². The average Bonchev–Trinajstić information content (AvgIpc) is 3.28. The van der Waals surface area contributed by atoms with Crippen LogP contribution in [0.2, 0.25) is 5.02 Å². The third kappa shape index (κ3) is 2.38. The minimum Gasteiger partial charge on any atom is -0.361 e. The number of hydrogen-bond acceptors (Lipinski definition) is 2. The van der Waals surface area contributed by atoms with E-state index in [2.05, 4.69) is 4.98 Å². The Morgan fingerprint density at radius 2 is 1.79 bits per heavy atom. The van der Waals surface area contributed by atoms with Crippen molar-refractivity contribution in [3.05, 3.63) is 35.0 Å². The van der Waals surface area contributed by atoms with Gasteiger partial charge in [-0.15, -0.1) is 0 Å². The Balaban J connectivity index is 1.60. The fourth-order valence-corrected chi connectivity index (χ4v) is 3.91. The number of hydrogen-bond donors (Lipinski definition) is 1. The molecule has 0 unspecified atom stereocenters. The third-order valence-electron chi connectivity index (χ3n) is 5.33. The first-order valence-corrected chi connectivity index (χ1v) is 8.71. The Labute approximate surface area is 145 Å². The van der Waals surface area contributed by atoms with E-state index >= 15 is 0 Å². The summed E-state index contributed by atoms with van der Waals surface area (Å²) in [7, 11) is 0. The van der Waals surface area contributed by atoms with Gasteiger partial charge in [0.25, 0.3) is 0 Å². The van der Waals surface area contributed by atoms with Crippen LogP contribution in [0.15, 0.2) is 24.4 Å². The second kappa shape index (κ2) is 5.52.